The Morgan fingerprint density at radius 1 is 1.25 bits per heavy atom. The van der Waals surface area contributed by atoms with Gasteiger partial charge in [-0.2, -0.15) is 0 Å². The van der Waals surface area contributed by atoms with Gasteiger partial charge in [-0.05, 0) is 51.2 Å². The first-order valence-electron chi connectivity index (χ1n) is 7.78. The molecule has 20 heavy (non-hydrogen) atoms. The Bertz CT molecular complexity index is 478. The van der Waals surface area contributed by atoms with Gasteiger partial charge in [0.2, 0.25) is 0 Å². The summed E-state index contributed by atoms with van der Waals surface area (Å²) in [6.07, 6.45) is 6.28. The van der Waals surface area contributed by atoms with Gasteiger partial charge in [-0.1, -0.05) is 25.0 Å². The van der Waals surface area contributed by atoms with Gasteiger partial charge in [-0.3, -0.25) is 0 Å². The summed E-state index contributed by atoms with van der Waals surface area (Å²) < 4.78 is 5.63. The lowest BCUT2D eigenvalue weighted by molar-refractivity contribution is 0.108. The van der Waals surface area contributed by atoms with E-state index in [9.17, 15) is 0 Å². The van der Waals surface area contributed by atoms with Crippen LogP contribution in [0.2, 0.25) is 0 Å². The molecule has 3 nitrogen and oxygen atoms in total. The molecular formula is C17H26N2O. The zero-order valence-corrected chi connectivity index (χ0v) is 12.9. The van der Waals surface area contributed by atoms with Crippen LogP contribution in [0.4, 0.5) is 0 Å². The second kappa shape index (κ2) is 5.38. The maximum absolute atomic E-state index is 5.63. The van der Waals surface area contributed by atoms with Crippen LogP contribution >= 0.6 is 0 Å². The average molecular weight is 274 g/mol. The third kappa shape index (κ3) is 2.13. The minimum Gasteiger partial charge on any atom is -0.493 e. The van der Waals surface area contributed by atoms with Gasteiger partial charge in [0.15, 0.2) is 0 Å². The van der Waals surface area contributed by atoms with Crippen molar-refractivity contribution >= 4 is 0 Å². The van der Waals surface area contributed by atoms with Crippen molar-refractivity contribution in [2.45, 2.75) is 43.7 Å². The molecule has 3 rings (SSSR count). The van der Waals surface area contributed by atoms with E-state index in [0.717, 1.165) is 18.8 Å². The summed E-state index contributed by atoms with van der Waals surface area (Å²) in [5.74, 6) is 1.08. The molecule has 0 spiro atoms. The van der Waals surface area contributed by atoms with Crippen molar-refractivity contribution in [2.24, 2.45) is 0 Å². The lowest BCUT2D eigenvalue weighted by atomic mass is 9.82. The van der Waals surface area contributed by atoms with Crippen LogP contribution in [0.3, 0.4) is 0 Å². The number of likely N-dealkylation sites (N-methyl/N-ethyl adjacent to an activating group) is 2. The lowest BCUT2D eigenvalue weighted by Crippen LogP contribution is -2.51. The highest BCUT2D eigenvalue weighted by Gasteiger charge is 2.43. The number of rotatable bonds is 4. The van der Waals surface area contributed by atoms with Crippen LogP contribution in [-0.4, -0.2) is 38.2 Å². The predicted molar refractivity (Wildman–Crippen MR) is 82.3 cm³/mol. The van der Waals surface area contributed by atoms with Crippen LogP contribution in [0.15, 0.2) is 18.2 Å². The number of hydrogen-bond acceptors (Lipinski definition) is 3. The fourth-order valence-corrected chi connectivity index (χ4v) is 4.11. The summed E-state index contributed by atoms with van der Waals surface area (Å²) in [6.45, 7) is 0.835. The van der Waals surface area contributed by atoms with E-state index in [0.29, 0.717) is 6.04 Å². The molecule has 1 atom stereocenters. The smallest absolute Gasteiger partial charge is 0.122 e. The van der Waals surface area contributed by atoms with Crippen molar-refractivity contribution in [3.8, 4) is 5.75 Å². The van der Waals surface area contributed by atoms with E-state index in [-0.39, 0.29) is 5.54 Å². The summed E-state index contributed by atoms with van der Waals surface area (Å²) in [5.41, 5.74) is 3.03. The summed E-state index contributed by atoms with van der Waals surface area (Å²) in [5, 5.41) is 3.59. The van der Waals surface area contributed by atoms with Crippen LogP contribution in [0.5, 0.6) is 5.75 Å². The van der Waals surface area contributed by atoms with E-state index in [2.05, 4.69) is 49.6 Å². The number of nitrogens with one attached hydrogen (secondary N) is 1. The van der Waals surface area contributed by atoms with E-state index in [4.69, 9.17) is 4.74 Å². The highest BCUT2D eigenvalue weighted by molar-refractivity contribution is 5.41. The first-order valence-corrected chi connectivity index (χ1v) is 7.78. The molecular weight excluding hydrogens is 248 g/mol. The third-order valence-electron chi connectivity index (χ3n) is 5.23. The summed E-state index contributed by atoms with van der Waals surface area (Å²) in [7, 11) is 6.55. The van der Waals surface area contributed by atoms with Crippen molar-refractivity contribution in [1.82, 2.24) is 10.2 Å². The topological polar surface area (TPSA) is 24.5 Å². The Kier molecular flexibility index (Phi) is 3.74. The number of benzene rings is 1. The zero-order chi connectivity index (χ0) is 14.2. The molecule has 2 aliphatic rings. The van der Waals surface area contributed by atoms with E-state index < -0.39 is 0 Å². The first-order chi connectivity index (χ1) is 9.67. The molecule has 1 aromatic rings. The van der Waals surface area contributed by atoms with Gasteiger partial charge in [0, 0.05) is 12.0 Å². The van der Waals surface area contributed by atoms with E-state index in [1.807, 2.05) is 0 Å². The normalized spacial score (nSPS) is 21.8. The standard InChI is InChI=1S/C17H26N2O/c1-18-16(17(19(2)3)9-4-5-10-17)14-6-7-15-13(12-14)8-11-20-15/h6-7,12,16,18H,4-5,8-11H2,1-3H3. The Balaban J connectivity index is 1.96. The molecule has 1 heterocycles. The first kappa shape index (κ1) is 13.9. The lowest BCUT2D eigenvalue weighted by Gasteiger charge is -2.43. The average Bonchev–Trinajstić information content (AvgIpc) is 3.08. The van der Waals surface area contributed by atoms with Crippen molar-refractivity contribution in [1.29, 1.82) is 0 Å². The molecule has 0 amide bonds. The molecule has 1 aliphatic heterocycles. The van der Waals surface area contributed by atoms with Gasteiger partial charge < -0.3 is 15.0 Å². The van der Waals surface area contributed by atoms with Crippen LogP contribution in [0, 0.1) is 0 Å². The number of nitrogens with zero attached hydrogens (tertiary/aromatic N) is 1. The molecule has 0 aromatic heterocycles. The van der Waals surface area contributed by atoms with Crippen molar-refractivity contribution in [2.75, 3.05) is 27.7 Å². The van der Waals surface area contributed by atoms with Gasteiger partial charge in [0.25, 0.3) is 0 Å². The highest BCUT2D eigenvalue weighted by atomic mass is 16.5. The molecule has 1 aliphatic carbocycles. The van der Waals surface area contributed by atoms with Crippen molar-refractivity contribution < 1.29 is 4.74 Å². The van der Waals surface area contributed by atoms with Crippen LogP contribution in [-0.2, 0) is 6.42 Å². The van der Waals surface area contributed by atoms with E-state index in [1.165, 1.54) is 36.8 Å². The fraction of sp³-hybridized carbons (Fsp3) is 0.647. The molecule has 0 saturated heterocycles. The maximum Gasteiger partial charge on any atom is 0.122 e. The molecule has 1 fully saturated rings. The van der Waals surface area contributed by atoms with Crippen molar-refractivity contribution in [3.63, 3.8) is 0 Å². The molecule has 110 valence electrons. The second-order valence-electron chi connectivity index (χ2n) is 6.39. The largest absolute Gasteiger partial charge is 0.493 e. The molecule has 0 bridgehead atoms. The Morgan fingerprint density at radius 3 is 2.65 bits per heavy atom. The highest BCUT2D eigenvalue weighted by Crippen LogP contribution is 2.44. The summed E-state index contributed by atoms with van der Waals surface area (Å²) in [4.78, 5) is 2.44. The summed E-state index contributed by atoms with van der Waals surface area (Å²) >= 11 is 0. The van der Waals surface area contributed by atoms with Gasteiger partial charge in [-0.15, -0.1) is 0 Å². The molecule has 0 radical (unpaired) electrons. The monoisotopic (exact) mass is 274 g/mol. The zero-order valence-electron chi connectivity index (χ0n) is 12.9. The van der Waals surface area contributed by atoms with Crippen LogP contribution < -0.4 is 10.1 Å². The molecule has 1 saturated carbocycles. The minimum absolute atomic E-state index is 0.252. The van der Waals surface area contributed by atoms with E-state index >= 15 is 0 Å². The molecule has 1 unspecified atom stereocenters. The predicted octanol–water partition coefficient (Wildman–Crippen LogP) is 2.76. The SMILES string of the molecule is CNC(c1ccc2c(c1)CCO2)C1(N(C)C)CCCC1. The Hall–Kier alpha value is -1.06. The fourth-order valence-electron chi connectivity index (χ4n) is 4.11. The molecule has 1 N–H and O–H groups in total. The second-order valence-corrected chi connectivity index (χ2v) is 6.39. The number of hydrogen-bond donors (Lipinski definition) is 1. The molecule has 3 heteroatoms. The summed E-state index contributed by atoms with van der Waals surface area (Å²) in [6, 6.07) is 7.15. The van der Waals surface area contributed by atoms with Gasteiger partial charge in [0.05, 0.1) is 12.6 Å². The number of ether oxygens (including phenoxy) is 1. The van der Waals surface area contributed by atoms with Gasteiger partial charge in [0.1, 0.15) is 5.75 Å². The number of fused-ring (bicyclic) bond motifs is 1. The Morgan fingerprint density at radius 2 is 2.00 bits per heavy atom. The quantitative estimate of drug-likeness (QED) is 0.913. The maximum atomic E-state index is 5.63. The third-order valence-corrected chi connectivity index (χ3v) is 5.23. The van der Waals surface area contributed by atoms with Gasteiger partial charge >= 0.3 is 0 Å². The Labute approximate surface area is 122 Å². The minimum atomic E-state index is 0.252. The van der Waals surface area contributed by atoms with E-state index in [1.54, 1.807) is 0 Å². The van der Waals surface area contributed by atoms with Crippen molar-refractivity contribution in [3.05, 3.63) is 29.3 Å². The van der Waals surface area contributed by atoms with Gasteiger partial charge in [-0.25, -0.2) is 0 Å². The molecule has 1 aromatic carbocycles. The van der Waals surface area contributed by atoms with Crippen LogP contribution in [0.25, 0.3) is 0 Å². The van der Waals surface area contributed by atoms with Crippen LogP contribution in [0.1, 0.15) is 42.9 Å².